The first kappa shape index (κ1) is 15.2. The molecule has 0 fully saturated rings. The molecule has 0 radical (unpaired) electrons. The largest absolute Gasteiger partial charge is 0.494 e. The average Bonchev–Trinajstić information content (AvgIpc) is 2.41. The highest BCUT2D eigenvalue weighted by Crippen LogP contribution is 2.10. The van der Waals surface area contributed by atoms with Gasteiger partial charge in [0.15, 0.2) is 0 Å². The van der Waals surface area contributed by atoms with Gasteiger partial charge in [0.2, 0.25) is 0 Å². The maximum Gasteiger partial charge on any atom is 0.314 e. The molecule has 2 N–H and O–H groups in total. The van der Waals surface area contributed by atoms with Gasteiger partial charge < -0.3 is 20.1 Å². The minimum atomic E-state index is -0.290. The first-order valence-corrected chi connectivity index (χ1v) is 6.11. The number of carbonyl (C=O) groups is 1. The molecule has 0 aliphatic heterocycles. The second-order valence-electron chi connectivity index (χ2n) is 3.83. The molecule has 0 unspecified atom stereocenters. The van der Waals surface area contributed by atoms with Crippen molar-refractivity contribution < 1.29 is 18.7 Å². The van der Waals surface area contributed by atoms with Crippen molar-refractivity contribution in [3.63, 3.8) is 0 Å². The van der Waals surface area contributed by atoms with E-state index in [1.807, 2.05) is 0 Å². The first-order chi connectivity index (χ1) is 9.22. The molecule has 0 saturated heterocycles. The van der Waals surface area contributed by atoms with E-state index >= 15 is 0 Å². The van der Waals surface area contributed by atoms with E-state index in [1.54, 1.807) is 19.2 Å². The number of carbonyl (C=O) groups excluding carboxylic acids is 1. The molecule has 0 bridgehead atoms. The molecule has 6 heteroatoms. The fraction of sp³-hybridized carbons (Fsp3) is 0.462. The minimum Gasteiger partial charge on any atom is -0.494 e. The third-order valence-corrected chi connectivity index (χ3v) is 2.28. The zero-order valence-electron chi connectivity index (χ0n) is 10.9. The predicted molar refractivity (Wildman–Crippen MR) is 69.8 cm³/mol. The third kappa shape index (κ3) is 7.25. The van der Waals surface area contributed by atoms with Crippen LogP contribution in [0.1, 0.15) is 6.42 Å². The normalized spacial score (nSPS) is 10.0. The Kier molecular flexibility index (Phi) is 7.34. The van der Waals surface area contributed by atoms with Crippen LogP contribution >= 0.6 is 0 Å². The molecule has 19 heavy (non-hydrogen) atoms. The Balaban J connectivity index is 2.01. The highest BCUT2D eigenvalue weighted by Gasteiger charge is 1.98. The molecule has 0 saturated carbocycles. The molecule has 2 amide bonds. The van der Waals surface area contributed by atoms with Crippen molar-refractivity contribution in [2.75, 3.05) is 33.4 Å². The van der Waals surface area contributed by atoms with Gasteiger partial charge in [-0.2, -0.15) is 0 Å². The Hall–Kier alpha value is -1.82. The molecule has 106 valence electrons. The monoisotopic (exact) mass is 270 g/mol. The van der Waals surface area contributed by atoms with Crippen molar-refractivity contribution in [1.82, 2.24) is 10.6 Å². The molecule has 0 aromatic heterocycles. The number of hydrogen-bond donors (Lipinski definition) is 2. The molecule has 0 spiro atoms. The number of halogens is 1. The summed E-state index contributed by atoms with van der Waals surface area (Å²) in [4.78, 5) is 11.2. The quantitative estimate of drug-likeness (QED) is 0.704. The van der Waals surface area contributed by atoms with Gasteiger partial charge in [-0.3, -0.25) is 0 Å². The van der Waals surface area contributed by atoms with E-state index in [2.05, 4.69) is 10.6 Å². The van der Waals surface area contributed by atoms with Gasteiger partial charge in [0.1, 0.15) is 11.6 Å². The van der Waals surface area contributed by atoms with Gasteiger partial charge in [-0.15, -0.1) is 0 Å². The van der Waals surface area contributed by atoms with E-state index < -0.39 is 0 Å². The van der Waals surface area contributed by atoms with Gasteiger partial charge in [0.05, 0.1) is 13.2 Å². The number of rotatable bonds is 8. The molecule has 0 aliphatic carbocycles. The SMILES string of the molecule is COCCNC(=O)NCCCOc1ccc(F)cc1. The van der Waals surface area contributed by atoms with Gasteiger partial charge in [0.25, 0.3) is 0 Å². The minimum absolute atomic E-state index is 0.223. The lowest BCUT2D eigenvalue weighted by Crippen LogP contribution is -2.38. The van der Waals surface area contributed by atoms with Gasteiger partial charge in [-0.05, 0) is 30.7 Å². The van der Waals surface area contributed by atoms with Crippen molar-refractivity contribution in [2.24, 2.45) is 0 Å². The molecular formula is C13H19FN2O3. The van der Waals surface area contributed by atoms with E-state index in [9.17, 15) is 9.18 Å². The maximum atomic E-state index is 12.6. The van der Waals surface area contributed by atoms with Gasteiger partial charge in [-0.25, -0.2) is 9.18 Å². The Morgan fingerprint density at radius 1 is 1.16 bits per heavy atom. The number of nitrogens with one attached hydrogen (secondary N) is 2. The van der Waals surface area contributed by atoms with E-state index in [1.165, 1.54) is 12.1 Å². The number of methoxy groups -OCH3 is 1. The van der Waals surface area contributed by atoms with Crippen molar-refractivity contribution in [3.8, 4) is 5.75 Å². The summed E-state index contributed by atoms with van der Waals surface area (Å²) < 4.78 is 22.8. The van der Waals surface area contributed by atoms with E-state index in [-0.39, 0.29) is 11.8 Å². The Bertz CT molecular complexity index is 371. The molecular weight excluding hydrogens is 251 g/mol. The van der Waals surface area contributed by atoms with Crippen LogP contribution in [0.5, 0.6) is 5.75 Å². The van der Waals surface area contributed by atoms with Crippen LogP contribution < -0.4 is 15.4 Å². The smallest absolute Gasteiger partial charge is 0.314 e. The van der Waals surface area contributed by atoms with E-state index in [4.69, 9.17) is 9.47 Å². The van der Waals surface area contributed by atoms with E-state index in [0.29, 0.717) is 38.5 Å². The zero-order chi connectivity index (χ0) is 13.9. The summed E-state index contributed by atoms with van der Waals surface area (Å²) in [6.07, 6.45) is 0.676. The Morgan fingerprint density at radius 2 is 1.84 bits per heavy atom. The zero-order valence-corrected chi connectivity index (χ0v) is 10.9. The van der Waals surface area contributed by atoms with Crippen LogP contribution in [0, 0.1) is 5.82 Å². The summed E-state index contributed by atoms with van der Waals surface area (Å²) in [5, 5.41) is 5.33. The van der Waals surface area contributed by atoms with Crippen LogP contribution in [-0.2, 0) is 4.74 Å². The van der Waals surface area contributed by atoms with Crippen molar-refractivity contribution >= 4 is 6.03 Å². The average molecular weight is 270 g/mol. The number of ether oxygens (including phenoxy) is 2. The molecule has 0 heterocycles. The van der Waals surface area contributed by atoms with Crippen LogP contribution in [0.3, 0.4) is 0 Å². The molecule has 0 aliphatic rings. The van der Waals surface area contributed by atoms with Gasteiger partial charge >= 0.3 is 6.03 Å². The standard InChI is InChI=1S/C13H19FN2O3/c1-18-10-8-16-13(17)15-7-2-9-19-12-5-3-11(14)4-6-12/h3-6H,2,7-10H2,1H3,(H2,15,16,17). The second-order valence-corrected chi connectivity index (χ2v) is 3.83. The highest BCUT2D eigenvalue weighted by molar-refractivity contribution is 5.73. The van der Waals surface area contributed by atoms with Gasteiger partial charge in [-0.1, -0.05) is 0 Å². The predicted octanol–water partition coefficient (Wildman–Crippen LogP) is 1.54. The second kappa shape index (κ2) is 9.16. The molecule has 1 rings (SSSR count). The lowest BCUT2D eigenvalue weighted by Gasteiger charge is -2.08. The van der Waals surface area contributed by atoms with Crippen molar-refractivity contribution in [2.45, 2.75) is 6.42 Å². The van der Waals surface area contributed by atoms with Crippen LogP contribution in [0.15, 0.2) is 24.3 Å². The number of hydrogen-bond acceptors (Lipinski definition) is 3. The fourth-order valence-electron chi connectivity index (χ4n) is 1.32. The van der Waals surface area contributed by atoms with E-state index in [0.717, 1.165) is 0 Å². The van der Waals surface area contributed by atoms with Crippen LogP contribution in [0.25, 0.3) is 0 Å². The first-order valence-electron chi connectivity index (χ1n) is 6.11. The summed E-state index contributed by atoms with van der Waals surface area (Å²) in [5.74, 6) is 0.327. The Labute approximate surface area is 112 Å². The highest BCUT2D eigenvalue weighted by atomic mass is 19.1. The fourth-order valence-corrected chi connectivity index (χ4v) is 1.32. The number of urea groups is 1. The van der Waals surface area contributed by atoms with Crippen LogP contribution in [0.4, 0.5) is 9.18 Å². The maximum absolute atomic E-state index is 12.6. The summed E-state index contributed by atoms with van der Waals surface area (Å²) in [5.41, 5.74) is 0. The number of benzene rings is 1. The molecule has 5 nitrogen and oxygen atoms in total. The molecule has 0 atom stereocenters. The molecule has 1 aromatic carbocycles. The number of amides is 2. The van der Waals surface area contributed by atoms with Crippen molar-refractivity contribution in [3.05, 3.63) is 30.1 Å². The van der Waals surface area contributed by atoms with Gasteiger partial charge in [0, 0.05) is 20.2 Å². The summed E-state index contributed by atoms with van der Waals surface area (Å²) in [6.45, 7) is 1.94. The topological polar surface area (TPSA) is 59.6 Å². The van der Waals surface area contributed by atoms with Crippen molar-refractivity contribution in [1.29, 1.82) is 0 Å². The van der Waals surface area contributed by atoms with Crippen LogP contribution in [0.2, 0.25) is 0 Å². The lowest BCUT2D eigenvalue weighted by molar-refractivity contribution is 0.195. The summed E-state index contributed by atoms with van der Waals surface area (Å²) >= 11 is 0. The summed E-state index contributed by atoms with van der Waals surface area (Å²) in [7, 11) is 1.58. The third-order valence-electron chi connectivity index (χ3n) is 2.28. The molecule has 1 aromatic rings. The lowest BCUT2D eigenvalue weighted by atomic mass is 10.3. The Morgan fingerprint density at radius 3 is 2.53 bits per heavy atom. The van der Waals surface area contributed by atoms with Crippen LogP contribution in [-0.4, -0.2) is 39.4 Å². The summed E-state index contributed by atoms with van der Waals surface area (Å²) in [6, 6.07) is 5.60.